The van der Waals surface area contributed by atoms with Gasteiger partial charge in [-0.15, -0.1) is 0 Å². The van der Waals surface area contributed by atoms with E-state index in [0.29, 0.717) is 22.8 Å². The van der Waals surface area contributed by atoms with Crippen LogP contribution in [0.4, 0.5) is 5.69 Å². The molecule has 0 fully saturated rings. The lowest BCUT2D eigenvalue weighted by Gasteiger charge is -2.10. The lowest BCUT2D eigenvalue weighted by molar-refractivity contribution is 0.102. The van der Waals surface area contributed by atoms with Gasteiger partial charge in [-0.1, -0.05) is 29.8 Å². The Kier molecular flexibility index (Phi) is 5.63. The minimum absolute atomic E-state index is 0.179. The lowest BCUT2D eigenvalue weighted by atomic mass is 10.1. The minimum Gasteiger partial charge on any atom is -0.322 e. The van der Waals surface area contributed by atoms with Crippen LogP contribution in [0.2, 0.25) is 5.02 Å². The summed E-state index contributed by atoms with van der Waals surface area (Å²) in [5.41, 5.74) is 5.97. The van der Waals surface area contributed by atoms with Gasteiger partial charge in [-0.25, -0.2) is 0 Å². The quantitative estimate of drug-likeness (QED) is 0.466. The third kappa shape index (κ3) is 4.42. The van der Waals surface area contributed by atoms with Gasteiger partial charge in [-0.05, 0) is 67.9 Å². The maximum absolute atomic E-state index is 12.7. The Morgan fingerprint density at radius 3 is 2.50 bits per heavy atom. The van der Waals surface area contributed by atoms with Crippen molar-refractivity contribution >= 4 is 23.2 Å². The van der Waals surface area contributed by atoms with Crippen LogP contribution in [-0.4, -0.2) is 20.7 Å². The Balaban J connectivity index is 1.48. The number of hydrogen-bond acceptors (Lipinski definition) is 3. The zero-order chi connectivity index (χ0) is 21.1. The highest BCUT2D eigenvalue weighted by molar-refractivity contribution is 6.33. The first kappa shape index (κ1) is 19.9. The zero-order valence-electron chi connectivity index (χ0n) is 16.8. The number of carbonyl (C=O) groups is 1. The topological polar surface area (TPSA) is 59.8 Å². The molecule has 2 aromatic heterocycles. The van der Waals surface area contributed by atoms with E-state index < -0.39 is 0 Å². The highest BCUT2D eigenvalue weighted by atomic mass is 35.5. The molecule has 4 rings (SSSR count). The smallest absolute Gasteiger partial charge is 0.255 e. The summed E-state index contributed by atoms with van der Waals surface area (Å²) >= 11 is 6.32. The Labute approximate surface area is 180 Å². The van der Waals surface area contributed by atoms with Crippen molar-refractivity contribution in [3.63, 3.8) is 0 Å². The van der Waals surface area contributed by atoms with Crippen LogP contribution in [0.15, 0.2) is 72.9 Å². The molecule has 2 aromatic carbocycles. The predicted octanol–water partition coefficient (Wildman–Crippen LogP) is 5.52. The third-order valence-corrected chi connectivity index (χ3v) is 5.15. The minimum atomic E-state index is -0.179. The molecule has 2 heterocycles. The van der Waals surface area contributed by atoms with Crippen molar-refractivity contribution in [1.82, 2.24) is 14.8 Å². The van der Waals surface area contributed by atoms with E-state index in [1.54, 1.807) is 18.3 Å². The first-order valence-electron chi connectivity index (χ1n) is 9.62. The average molecular weight is 417 g/mol. The van der Waals surface area contributed by atoms with Gasteiger partial charge < -0.3 is 5.32 Å². The monoisotopic (exact) mass is 416 g/mol. The van der Waals surface area contributed by atoms with Crippen molar-refractivity contribution in [2.45, 2.75) is 20.4 Å². The van der Waals surface area contributed by atoms with E-state index in [4.69, 9.17) is 11.6 Å². The summed E-state index contributed by atoms with van der Waals surface area (Å²) in [4.78, 5) is 17.0. The molecule has 1 N–H and O–H groups in total. The molecule has 4 aromatic rings. The number of aryl methyl sites for hydroxylation is 2. The summed E-state index contributed by atoms with van der Waals surface area (Å²) in [7, 11) is 0. The van der Waals surface area contributed by atoms with E-state index in [2.05, 4.69) is 15.4 Å². The summed E-state index contributed by atoms with van der Waals surface area (Å²) in [5, 5.41) is 8.00. The van der Waals surface area contributed by atoms with Crippen LogP contribution in [0.1, 0.15) is 27.3 Å². The Morgan fingerprint density at radius 2 is 1.83 bits per heavy atom. The normalized spacial score (nSPS) is 10.8. The molecule has 0 radical (unpaired) electrons. The Morgan fingerprint density at radius 1 is 1.03 bits per heavy atom. The number of nitrogens with one attached hydrogen (secondary N) is 1. The molecule has 0 spiro atoms. The third-order valence-electron chi connectivity index (χ3n) is 4.82. The van der Waals surface area contributed by atoms with E-state index in [1.165, 1.54) is 0 Å². The van der Waals surface area contributed by atoms with Crippen LogP contribution in [0.3, 0.4) is 0 Å². The zero-order valence-corrected chi connectivity index (χ0v) is 17.5. The highest BCUT2D eigenvalue weighted by Crippen LogP contribution is 2.29. The number of anilines is 1. The lowest BCUT2D eigenvalue weighted by Crippen LogP contribution is -2.12. The van der Waals surface area contributed by atoms with E-state index in [0.717, 1.165) is 28.2 Å². The fourth-order valence-corrected chi connectivity index (χ4v) is 3.51. The number of hydrogen-bond donors (Lipinski definition) is 1. The number of carbonyl (C=O) groups excluding carboxylic acids is 1. The largest absolute Gasteiger partial charge is 0.322 e. The van der Waals surface area contributed by atoms with Crippen LogP contribution in [0, 0.1) is 13.8 Å². The first-order chi connectivity index (χ1) is 14.5. The van der Waals surface area contributed by atoms with Gasteiger partial charge in [-0.2, -0.15) is 5.10 Å². The van der Waals surface area contributed by atoms with Crippen molar-refractivity contribution in [1.29, 1.82) is 0 Å². The molecule has 150 valence electrons. The van der Waals surface area contributed by atoms with E-state index in [1.807, 2.05) is 73.1 Å². The van der Waals surface area contributed by atoms with Gasteiger partial charge in [-0.3, -0.25) is 14.5 Å². The second-order valence-corrected chi connectivity index (χ2v) is 7.55. The molecule has 0 saturated carbocycles. The number of nitrogens with zero attached hydrogens (tertiary/aromatic N) is 3. The maximum Gasteiger partial charge on any atom is 0.255 e. The molecule has 0 aliphatic rings. The van der Waals surface area contributed by atoms with Gasteiger partial charge in [0.15, 0.2) is 0 Å². The van der Waals surface area contributed by atoms with Crippen LogP contribution in [-0.2, 0) is 6.54 Å². The van der Waals surface area contributed by atoms with Crippen molar-refractivity contribution in [3.05, 3.63) is 100 Å². The van der Waals surface area contributed by atoms with Crippen LogP contribution in [0.5, 0.6) is 0 Å². The number of aromatic nitrogens is 3. The molecule has 0 aliphatic heterocycles. The summed E-state index contributed by atoms with van der Waals surface area (Å²) in [6.07, 6.45) is 1.71. The van der Waals surface area contributed by atoms with Crippen LogP contribution >= 0.6 is 11.6 Å². The summed E-state index contributed by atoms with van der Waals surface area (Å²) < 4.78 is 1.96. The Bertz CT molecular complexity index is 1180. The number of amides is 1. The second-order valence-electron chi connectivity index (χ2n) is 7.15. The van der Waals surface area contributed by atoms with Crippen molar-refractivity contribution in [2.24, 2.45) is 0 Å². The molecule has 6 heteroatoms. The van der Waals surface area contributed by atoms with Gasteiger partial charge >= 0.3 is 0 Å². The highest BCUT2D eigenvalue weighted by Gasteiger charge is 2.10. The number of pyridine rings is 1. The molecule has 1 amide bonds. The molecular formula is C24H21ClN4O. The molecule has 0 bridgehead atoms. The average Bonchev–Trinajstić information content (AvgIpc) is 3.07. The van der Waals surface area contributed by atoms with Gasteiger partial charge in [0.1, 0.15) is 0 Å². The van der Waals surface area contributed by atoms with E-state index >= 15 is 0 Å². The van der Waals surface area contributed by atoms with E-state index in [9.17, 15) is 4.79 Å². The van der Waals surface area contributed by atoms with Gasteiger partial charge in [0.2, 0.25) is 0 Å². The molecule has 0 aliphatic carbocycles. The van der Waals surface area contributed by atoms with Gasteiger partial charge in [0, 0.05) is 28.7 Å². The predicted molar refractivity (Wildman–Crippen MR) is 120 cm³/mol. The molecule has 30 heavy (non-hydrogen) atoms. The fraction of sp³-hybridized carbons (Fsp3) is 0.125. The Hall–Kier alpha value is -3.44. The molecule has 0 unspecified atom stereocenters. The molecule has 0 saturated heterocycles. The van der Waals surface area contributed by atoms with E-state index in [-0.39, 0.29) is 5.91 Å². The van der Waals surface area contributed by atoms with Gasteiger partial charge in [0.25, 0.3) is 5.91 Å². The molecule has 0 atom stereocenters. The van der Waals surface area contributed by atoms with Crippen LogP contribution in [0.25, 0.3) is 11.3 Å². The summed E-state index contributed by atoms with van der Waals surface area (Å²) in [6.45, 7) is 4.69. The van der Waals surface area contributed by atoms with Crippen molar-refractivity contribution in [3.8, 4) is 11.3 Å². The van der Waals surface area contributed by atoms with Crippen molar-refractivity contribution in [2.75, 3.05) is 5.32 Å². The standard InChI is InChI=1S/C24H21ClN4O/c1-16-13-17(2)29(28-16)15-18-6-8-19(9-7-18)24(30)27-20-10-11-22(25)21(14-20)23-5-3-4-12-26-23/h3-14H,15H2,1-2H3,(H,27,30). The van der Waals surface area contributed by atoms with Crippen molar-refractivity contribution < 1.29 is 4.79 Å². The number of halogens is 1. The number of rotatable bonds is 5. The van der Waals surface area contributed by atoms with Crippen LogP contribution < -0.4 is 5.32 Å². The maximum atomic E-state index is 12.7. The molecular weight excluding hydrogens is 396 g/mol. The fourth-order valence-electron chi connectivity index (χ4n) is 3.29. The van der Waals surface area contributed by atoms with Gasteiger partial charge in [0.05, 0.1) is 23.0 Å². The second kappa shape index (κ2) is 8.51. The first-order valence-corrected chi connectivity index (χ1v) is 10.00. The molecule has 5 nitrogen and oxygen atoms in total. The summed E-state index contributed by atoms with van der Waals surface area (Å²) in [5.74, 6) is -0.179. The number of benzene rings is 2. The summed E-state index contributed by atoms with van der Waals surface area (Å²) in [6, 6.07) is 20.6. The SMILES string of the molecule is Cc1cc(C)n(Cc2ccc(C(=O)Nc3ccc(Cl)c(-c4ccccn4)c3)cc2)n1.